The lowest BCUT2D eigenvalue weighted by Gasteiger charge is -2.31. The minimum absolute atomic E-state index is 0.181. The van der Waals surface area contributed by atoms with Gasteiger partial charge in [-0.05, 0) is 43.3 Å². The monoisotopic (exact) mass is 363 g/mol. The molecule has 0 spiro atoms. The van der Waals surface area contributed by atoms with E-state index in [1.54, 1.807) is 36.1 Å². The van der Waals surface area contributed by atoms with Gasteiger partial charge in [0.05, 0.1) is 18.1 Å². The Hall–Kier alpha value is -2.38. The average Bonchev–Trinajstić information content (AvgIpc) is 2.60. The number of aliphatic hydroxyl groups excluding tert-OH is 1. The minimum atomic E-state index is -3.32. The van der Waals surface area contributed by atoms with E-state index >= 15 is 0 Å². The minimum Gasteiger partial charge on any atom is -0.464 e. The van der Waals surface area contributed by atoms with Gasteiger partial charge in [-0.3, -0.25) is 0 Å². The van der Waals surface area contributed by atoms with Crippen molar-refractivity contribution >= 4 is 27.2 Å². The molecule has 0 saturated heterocycles. The number of nitrogens with zero attached hydrogens (tertiary/aromatic N) is 1. The summed E-state index contributed by atoms with van der Waals surface area (Å²) in [6, 6.07) is 14.3. The normalized spacial score (nSPS) is 12.4. The Morgan fingerprint density at radius 3 is 2.12 bits per heavy atom. The molecule has 1 unspecified atom stereocenters. The second-order valence-electron chi connectivity index (χ2n) is 5.42. The summed E-state index contributed by atoms with van der Waals surface area (Å²) in [6.45, 7) is 1.45. The van der Waals surface area contributed by atoms with Crippen LogP contribution in [0.5, 0.6) is 0 Å². The third kappa shape index (κ3) is 4.58. The van der Waals surface area contributed by atoms with Crippen molar-refractivity contribution in [1.29, 1.82) is 0 Å². The van der Waals surface area contributed by atoms with Crippen LogP contribution in [0.25, 0.3) is 0 Å². The molecule has 0 aliphatic carbocycles. The highest BCUT2D eigenvalue weighted by Gasteiger charge is 2.28. The molecule has 1 N–H and O–H groups in total. The number of anilines is 2. The zero-order chi connectivity index (χ0) is 18.4. The quantitative estimate of drug-likeness (QED) is 0.759. The fourth-order valence-electron chi connectivity index (χ4n) is 2.45. The third-order valence-electron chi connectivity index (χ3n) is 3.62. The summed E-state index contributed by atoms with van der Waals surface area (Å²) in [5.74, 6) is -0.555. The van der Waals surface area contributed by atoms with Gasteiger partial charge in [-0.1, -0.05) is 18.2 Å². The van der Waals surface area contributed by atoms with Gasteiger partial charge in [-0.25, -0.2) is 13.2 Å². The number of carbonyl (C=O) groups excluding carboxylic acids is 1. The summed E-state index contributed by atoms with van der Waals surface area (Å²) in [6.07, 6.45) is 1.13. The smallest absolute Gasteiger partial charge is 0.331 e. The highest BCUT2D eigenvalue weighted by molar-refractivity contribution is 7.90. The molecule has 0 heterocycles. The van der Waals surface area contributed by atoms with E-state index in [0.29, 0.717) is 11.4 Å². The lowest BCUT2D eigenvalue weighted by molar-refractivity contribution is -0.145. The van der Waals surface area contributed by atoms with Crippen LogP contribution in [0, 0.1) is 0 Å². The Morgan fingerprint density at radius 2 is 1.64 bits per heavy atom. The lowest BCUT2D eigenvalue weighted by atomic mass is 10.1. The molecule has 25 heavy (non-hydrogen) atoms. The number of benzene rings is 2. The van der Waals surface area contributed by atoms with E-state index in [0.717, 1.165) is 6.26 Å². The van der Waals surface area contributed by atoms with Gasteiger partial charge >= 0.3 is 5.97 Å². The standard InChI is InChI=1S/C18H21NO5S/c1-3-24-18(21)17(13-20)19(14-7-5-4-6-8-14)15-9-11-16(12-10-15)25(2,22)23/h4-12,17,20H,3,13H2,1-2H3. The van der Waals surface area contributed by atoms with Crippen LogP contribution in [-0.4, -0.2) is 45.0 Å². The fraction of sp³-hybridized carbons (Fsp3) is 0.278. The van der Waals surface area contributed by atoms with Gasteiger partial charge in [-0.2, -0.15) is 0 Å². The van der Waals surface area contributed by atoms with Crippen LogP contribution in [0.4, 0.5) is 11.4 Å². The van der Waals surface area contributed by atoms with E-state index in [2.05, 4.69) is 0 Å². The summed E-state index contributed by atoms with van der Waals surface area (Å²) in [4.78, 5) is 14.1. The summed E-state index contributed by atoms with van der Waals surface area (Å²) < 4.78 is 28.3. The number of esters is 1. The van der Waals surface area contributed by atoms with Crippen LogP contribution in [0.1, 0.15) is 6.92 Å². The van der Waals surface area contributed by atoms with Crippen molar-refractivity contribution in [2.75, 3.05) is 24.4 Å². The molecular weight excluding hydrogens is 342 g/mol. The van der Waals surface area contributed by atoms with Crippen molar-refractivity contribution in [2.45, 2.75) is 17.9 Å². The zero-order valence-electron chi connectivity index (χ0n) is 14.1. The van der Waals surface area contributed by atoms with Crippen molar-refractivity contribution < 1.29 is 23.1 Å². The molecule has 0 fully saturated rings. The number of sulfone groups is 1. The highest BCUT2D eigenvalue weighted by atomic mass is 32.2. The molecule has 2 aromatic rings. The van der Waals surface area contributed by atoms with Crippen molar-refractivity contribution in [2.24, 2.45) is 0 Å². The van der Waals surface area contributed by atoms with E-state index in [9.17, 15) is 18.3 Å². The Labute approximate surface area is 147 Å². The first-order valence-corrected chi connectivity index (χ1v) is 9.69. The molecule has 7 heteroatoms. The molecule has 0 saturated carbocycles. The van der Waals surface area contributed by atoms with Gasteiger partial charge in [0.1, 0.15) is 0 Å². The maximum atomic E-state index is 12.3. The van der Waals surface area contributed by atoms with Gasteiger partial charge in [0.2, 0.25) is 0 Å². The fourth-order valence-corrected chi connectivity index (χ4v) is 3.08. The summed E-state index contributed by atoms with van der Waals surface area (Å²) in [7, 11) is -3.32. The van der Waals surface area contributed by atoms with Gasteiger partial charge in [0, 0.05) is 17.6 Å². The lowest BCUT2D eigenvalue weighted by Crippen LogP contribution is -2.42. The molecular formula is C18H21NO5S. The zero-order valence-corrected chi connectivity index (χ0v) is 14.9. The molecule has 0 aliphatic rings. The predicted molar refractivity (Wildman–Crippen MR) is 95.6 cm³/mol. The van der Waals surface area contributed by atoms with Crippen LogP contribution < -0.4 is 4.90 Å². The van der Waals surface area contributed by atoms with Crippen molar-refractivity contribution in [3.63, 3.8) is 0 Å². The highest BCUT2D eigenvalue weighted by Crippen LogP contribution is 2.29. The number of hydrogen-bond acceptors (Lipinski definition) is 6. The molecule has 134 valence electrons. The largest absolute Gasteiger partial charge is 0.464 e. The van der Waals surface area contributed by atoms with E-state index in [-0.39, 0.29) is 11.5 Å². The SMILES string of the molecule is CCOC(=O)C(CO)N(c1ccccc1)c1ccc(S(C)(=O)=O)cc1. The van der Waals surface area contributed by atoms with Crippen LogP contribution in [0.15, 0.2) is 59.5 Å². The van der Waals surface area contributed by atoms with Gasteiger partial charge in [0.25, 0.3) is 0 Å². The average molecular weight is 363 g/mol. The third-order valence-corrected chi connectivity index (χ3v) is 4.75. The predicted octanol–water partition coefficient (Wildman–Crippen LogP) is 2.15. The molecule has 1 atom stereocenters. The first-order chi connectivity index (χ1) is 11.9. The first-order valence-electron chi connectivity index (χ1n) is 7.80. The number of carbonyl (C=O) groups is 1. The maximum absolute atomic E-state index is 12.3. The van der Waals surface area contributed by atoms with E-state index in [1.807, 2.05) is 18.2 Å². The molecule has 0 amide bonds. The number of aliphatic hydroxyl groups is 1. The summed E-state index contributed by atoms with van der Waals surface area (Å²) >= 11 is 0. The molecule has 2 rings (SSSR count). The number of para-hydroxylation sites is 1. The second-order valence-corrected chi connectivity index (χ2v) is 7.44. The van der Waals surface area contributed by atoms with Crippen LogP contribution >= 0.6 is 0 Å². The Kier molecular flexibility index (Phi) is 6.17. The topological polar surface area (TPSA) is 83.9 Å². The Morgan fingerprint density at radius 1 is 1.08 bits per heavy atom. The van der Waals surface area contributed by atoms with Crippen molar-refractivity contribution in [3.05, 3.63) is 54.6 Å². The number of ether oxygens (including phenoxy) is 1. The molecule has 0 bridgehead atoms. The molecule has 0 radical (unpaired) electrons. The number of hydrogen-bond donors (Lipinski definition) is 1. The Bertz CT molecular complexity index is 803. The molecule has 0 aliphatic heterocycles. The van der Waals surface area contributed by atoms with Crippen LogP contribution in [-0.2, 0) is 19.4 Å². The summed E-state index contributed by atoms with van der Waals surface area (Å²) in [5.41, 5.74) is 1.26. The molecule has 0 aromatic heterocycles. The first kappa shape index (κ1) is 19.0. The van der Waals surface area contributed by atoms with Crippen LogP contribution in [0.2, 0.25) is 0 Å². The Balaban J connectivity index is 2.50. The van der Waals surface area contributed by atoms with Crippen molar-refractivity contribution in [3.8, 4) is 0 Å². The number of rotatable bonds is 7. The second kappa shape index (κ2) is 8.13. The van der Waals surface area contributed by atoms with Crippen LogP contribution in [0.3, 0.4) is 0 Å². The van der Waals surface area contributed by atoms with Crippen molar-refractivity contribution in [1.82, 2.24) is 0 Å². The summed E-state index contributed by atoms with van der Waals surface area (Å²) in [5, 5.41) is 9.76. The van der Waals surface area contributed by atoms with E-state index in [1.165, 1.54) is 12.1 Å². The molecule has 2 aromatic carbocycles. The van der Waals surface area contributed by atoms with Gasteiger partial charge in [-0.15, -0.1) is 0 Å². The van der Waals surface area contributed by atoms with E-state index in [4.69, 9.17) is 4.74 Å². The van der Waals surface area contributed by atoms with Gasteiger partial charge < -0.3 is 14.7 Å². The van der Waals surface area contributed by atoms with Gasteiger partial charge in [0.15, 0.2) is 15.9 Å². The molecule has 6 nitrogen and oxygen atoms in total. The van der Waals surface area contributed by atoms with E-state index < -0.39 is 28.5 Å². The maximum Gasteiger partial charge on any atom is 0.331 e.